The molecule has 1 aliphatic carbocycles. The molecule has 0 spiro atoms. The van der Waals surface area contributed by atoms with Crippen LogP contribution in [0.25, 0.3) is 0 Å². The van der Waals surface area contributed by atoms with Crippen LogP contribution in [0.2, 0.25) is 0 Å². The summed E-state index contributed by atoms with van der Waals surface area (Å²) in [5.74, 6) is 0.818. The van der Waals surface area contributed by atoms with Crippen molar-refractivity contribution in [2.24, 2.45) is 5.92 Å². The van der Waals surface area contributed by atoms with Gasteiger partial charge < -0.3 is 15.5 Å². The predicted molar refractivity (Wildman–Crippen MR) is 122 cm³/mol. The van der Waals surface area contributed by atoms with Gasteiger partial charge in [-0.25, -0.2) is 17.5 Å². The smallest absolute Gasteiger partial charge is 0.314 e. The summed E-state index contributed by atoms with van der Waals surface area (Å²) in [5.41, 5.74) is 0.948. The maximum atomic E-state index is 13.1. The van der Waals surface area contributed by atoms with E-state index in [1.165, 1.54) is 4.31 Å². The fourth-order valence-electron chi connectivity index (χ4n) is 4.27. The van der Waals surface area contributed by atoms with Crippen molar-refractivity contribution in [2.75, 3.05) is 26.2 Å². The van der Waals surface area contributed by atoms with Gasteiger partial charge in [-0.05, 0) is 62.1 Å². The number of nitrogens with one attached hydrogen (secondary N) is 3. The number of sulfonamides is 1. The van der Waals surface area contributed by atoms with Gasteiger partial charge >= 0.3 is 6.03 Å². The van der Waals surface area contributed by atoms with Crippen LogP contribution < -0.4 is 10.6 Å². The second-order valence-electron chi connectivity index (χ2n) is 8.58. The molecule has 172 valence electrons. The lowest BCUT2D eigenvalue weighted by atomic mass is 9.87. The van der Waals surface area contributed by atoms with Crippen molar-refractivity contribution in [3.8, 4) is 0 Å². The highest BCUT2D eigenvalue weighted by molar-refractivity contribution is 7.89. The van der Waals surface area contributed by atoms with E-state index in [1.807, 2.05) is 11.8 Å². The van der Waals surface area contributed by atoms with Crippen LogP contribution in [0.1, 0.15) is 51.5 Å². The highest BCUT2D eigenvalue weighted by Gasteiger charge is 2.38. The largest absolute Gasteiger partial charge is 0.338 e. The number of carbonyl (C=O) groups is 1. The summed E-state index contributed by atoms with van der Waals surface area (Å²) in [6, 6.07) is 6.83. The molecule has 1 aromatic carbocycles. The van der Waals surface area contributed by atoms with E-state index in [9.17, 15) is 13.2 Å². The molecule has 0 atom stereocenters. The first-order valence-corrected chi connectivity index (χ1v) is 12.8. The van der Waals surface area contributed by atoms with Gasteiger partial charge in [0.15, 0.2) is 0 Å². The van der Waals surface area contributed by atoms with E-state index < -0.39 is 10.0 Å². The Morgan fingerprint density at radius 1 is 1.06 bits per heavy atom. The Hall–Kier alpha value is -2.29. The van der Waals surface area contributed by atoms with Crippen LogP contribution in [-0.2, 0) is 16.4 Å². The zero-order chi connectivity index (χ0) is 22.4. The van der Waals surface area contributed by atoms with E-state index in [1.54, 1.807) is 24.3 Å². The van der Waals surface area contributed by atoms with Crippen molar-refractivity contribution in [1.82, 2.24) is 19.8 Å². The van der Waals surface area contributed by atoms with E-state index in [-0.39, 0.29) is 22.9 Å². The van der Waals surface area contributed by atoms with Crippen LogP contribution >= 0.6 is 0 Å². The number of rotatable bonds is 8. The summed E-state index contributed by atoms with van der Waals surface area (Å²) in [4.78, 5) is 13.7. The third kappa shape index (κ3) is 5.70. The third-order valence-corrected chi connectivity index (χ3v) is 8.03. The molecule has 1 aliphatic heterocycles. The summed E-state index contributed by atoms with van der Waals surface area (Å²) in [6.45, 7) is 6.28. The van der Waals surface area contributed by atoms with Crippen molar-refractivity contribution < 1.29 is 13.2 Å². The van der Waals surface area contributed by atoms with Gasteiger partial charge in [-0.1, -0.05) is 26.0 Å². The molecule has 31 heavy (non-hydrogen) atoms. The van der Waals surface area contributed by atoms with Crippen LogP contribution in [0.3, 0.4) is 0 Å². The van der Waals surface area contributed by atoms with Gasteiger partial charge in [-0.15, -0.1) is 0 Å². The Labute approximate surface area is 185 Å². The van der Waals surface area contributed by atoms with Gasteiger partial charge in [-0.3, -0.25) is 5.41 Å². The predicted octanol–water partition coefficient (Wildman–Crippen LogP) is 2.76. The second-order valence-corrected chi connectivity index (χ2v) is 10.4. The van der Waals surface area contributed by atoms with E-state index in [2.05, 4.69) is 17.6 Å². The Kier molecular flexibility index (Phi) is 7.80. The van der Waals surface area contributed by atoms with Crippen LogP contribution in [0.5, 0.6) is 0 Å². The summed E-state index contributed by atoms with van der Waals surface area (Å²) >= 11 is 0. The van der Waals surface area contributed by atoms with E-state index in [0.29, 0.717) is 38.5 Å². The average Bonchev–Trinajstić information content (AvgIpc) is 3.15. The zero-order valence-electron chi connectivity index (χ0n) is 18.6. The van der Waals surface area contributed by atoms with Crippen LogP contribution in [0.15, 0.2) is 29.2 Å². The minimum Gasteiger partial charge on any atom is -0.338 e. The zero-order valence-corrected chi connectivity index (χ0v) is 19.4. The molecule has 8 nitrogen and oxygen atoms in total. The molecule has 2 aliphatic rings. The maximum absolute atomic E-state index is 13.1. The van der Waals surface area contributed by atoms with Crippen molar-refractivity contribution in [3.63, 3.8) is 0 Å². The fourth-order valence-corrected chi connectivity index (χ4v) is 5.66. The lowest BCUT2D eigenvalue weighted by Gasteiger charge is -2.34. The van der Waals surface area contributed by atoms with E-state index in [4.69, 9.17) is 5.41 Å². The van der Waals surface area contributed by atoms with Crippen LogP contribution in [0.4, 0.5) is 4.79 Å². The van der Waals surface area contributed by atoms with Crippen LogP contribution in [0, 0.1) is 11.3 Å². The summed E-state index contributed by atoms with van der Waals surface area (Å²) in [6.07, 6.45) is 5.82. The number of benzene rings is 1. The topological polar surface area (TPSA) is 106 Å². The van der Waals surface area contributed by atoms with Crippen molar-refractivity contribution in [1.29, 1.82) is 5.41 Å². The van der Waals surface area contributed by atoms with Gasteiger partial charge in [0.25, 0.3) is 10.0 Å². The average molecular weight is 450 g/mol. The quantitative estimate of drug-likeness (QED) is 0.567. The number of nitrogens with zero attached hydrogens (tertiary/aromatic N) is 2. The number of guanidine groups is 1. The van der Waals surface area contributed by atoms with Gasteiger partial charge in [0.2, 0.25) is 5.96 Å². The van der Waals surface area contributed by atoms with Crippen molar-refractivity contribution in [3.05, 3.63) is 29.8 Å². The summed E-state index contributed by atoms with van der Waals surface area (Å²) in [5, 5.41) is 14.0. The minimum absolute atomic E-state index is 0.103. The normalized spacial score (nSPS) is 21.9. The molecule has 0 aromatic heterocycles. The van der Waals surface area contributed by atoms with Gasteiger partial charge in [0, 0.05) is 25.7 Å². The standard InChI is InChI=1S/C22H35N5O3S/c1-3-13-24-22(28)25-14-12-18-6-10-20(11-7-18)31(29,30)27-16-15-26(21(27)23)19-8-4-17(2)5-9-19/h6-7,10-11,17,19,23H,3-5,8-9,12-16H2,1-2H3,(H2,24,25,28). The monoisotopic (exact) mass is 449 g/mol. The Balaban J connectivity index is 1.57. The van der Waals surface area contributed by atoms with Crippen molar-refractivity contribution in [2.45, 2.75) is 63.3 Å². The first kappa shape index (κ1) is 23.4. The summed E-state index contributed by atoms with van der Waals surface area (Å²) < 4.78 is 27.5. The third-order valence-electron chi connectivity index (χ3n) is 6.22. The van der Waals surface area contributed by atoms with Gasteiger partial charge in [0.1, 0.15) is 0 Å². The molecule has 3 rings (SSSR count). The molecule has 9 heteroatoms. The number of carbonyl (C=O) groups excluding carboxylic acids is 1. The highest BCUT2D eigenvalue weighted by atomic mass is 32.2. The molecular formula is C22H35N5O3S. The van der Waals surface area contributed by atoms with Gasteiger partial charge in [0.05, 0.1) is 11.4 Å². The minimum atomic E-state index is -3.74. The number of hydrogen-bond donors (Lipinski definition) is 3. The first-order chi connectivity index (χ1) is 14.8. The van der Waals surface area contributed by atoms with Gasteiger partial charge in [-0.2, -0.15) is 0 Å². The van der Waals surface area contributed by atoms with E-state index >= 15 is 0 Å². The van der Waals surface area contributed by atoms with Crippen LogP contribution in [-0.4, -0.2) is 61.8 Å². The number of hydrogen-bond acceptors (Lipinski definition) is 4. The Bertz CT molecular complexity index is 864. The molecule has 0 unspecified atom stereocenters. The molecule has 0 bridgehead atoms. The molecule has 2 amide bonds. The second kappa shape index (κ2) is 10.3. The first-order valence-electron chi connectivity index (χ1n) is 11.3. The van der Waals surface area contributed by atoms with E-state index in [0.717, 1.165) is 37.7 Å². The number of urea groups is 1. The lowest BCUT2D eigenvalue weighted by molar-refractivity contribution is 0.225. The molecule has 1 saturated heterocycles. The molecule has 2 fully saturated rings. The lowest BCUT2D eigenvalue weighted by Crippen LogP contribution is -2.43. The fraction of sp³-hybridized carbons (Fsp3) is 0.636. The van der Waals surface area contributed by atoms with Crippen molar-refractivity contribution >= 4 is 22.0 Å². The molecular weight excluding hydrogens is 414 g/mol. The Morgan fingerprint density at radius 2 is 1.71 bits per heavy atom. The molecule has 1 aromatic rings. The molecule has 3 N–H and O–H groups in total. The maximum Gasteiger partial charge on any atom is 0.314 e. The summed E-state index contributed by atoms with van der Waals surface area (Å²) in [7, 11) is -3.74. The SMILES string of the molecule is CCCNC(=O)NCCc1ccc(S(=O)(=O)N2CCN(C3CCC(C)CC3)C2=N)cc1. The molecule has 1 heterocycles. The highest BCUT2D eigenvalue weighted by Crippen LogP contribution is 2.30. The Morgan fingerprint density at radius 3 is 2.35 bits per heavy atom. The molecule has 0 radical (unpaired) electrons. The number of amides is 2. The molecule has 1 saturated carbocycles.